The number of hydrogen-bond acceptors (Lipinski definition) is 4. The number of rotatable bonds is 2. The molecule has 1 aliphatic carbocycles. The minimum atomic E-state index is -0.494. The van der Waals surface area contributed by atoms with E-state index in [9.17, 15) is 9.59 Å². The molecule has 1 aromatic heterocycles. The Morgan fingerprint density at radius 3 is 2.56 bits per heavy atom. The van der Waals surface area contributed by atoms with Crippen LogP contribution in [-0.4, -0.2) is 15.1 Å². The van der Waals surface area contributed by atoms with E-state index in [0.717, 1.165) is 19.3 Å². The zero-order valence-corrected chi connectivity index (χ0v) is 9.46. The molecule has 0 aliphatic heterocycles. The third-order valence-corrected chi connectivity index (χ3v) is 3.25. The molecule has 1 saturated carbocycles. The molecule has 1 heterocycles. The van der Waals surface area contributed by atoms with Crippen LogP contribution >= 0.6 is 0 Å². The van der Waals surface area contributed by atoms with Crippen molar-refractivity contribution in [2.24, 2.45) is 7.05 Å². The molecule has 1 fully saturated rings. The van der Waals surface area contributed by atoms with Gasteiger partial charge in [-0.15, -0.1) is 0 Å². The largest absolute Gasteiger partial charge is 0.383 e. The Kier molecular flexibility index (Phi) is 2.29. The summed E-state index contributed by atoms with van der Waals surface area (Å²) in [5.41, 5.74) is 5.03. The van der Waals surface area contributed by atoms with Gasteiger partial charge in [-0.2, -0.15) is 0 Å². The molecular formula is C10H16N4O2. The molecule has 1 aromatic rings. The number of nitrogens with two attached hydrogens (primary N) is 1. The number of nitrogens with one attached hydrogen (secondary N) is 2. The molecule has 0 atom stereocenters. The summed E-state index contributed by atoms with van der Waals surface area (Å²) >= 11 is 0. The van der Waals surface area contributed by atoms with E-state index in [2.05, 4.69) is 10.3 Å². The van der Waals surface area contributed by atoms with Crippen LogP contribution in [0.1, 0.15) is 26.2 Å². The van der Waals surface area contributed by atoms with Gasteiger partial charge in [-0.1, -0.05) is 0 Å². The SMILES string of the molecule is Cn1c(N)c(NC2(C)CCC2)c(=O)[nH]c1=O. The predicted octanol–water partition coefficient (Wildman–Crippen LogP) is 0.0103. The van der Waals surface area contributed by atoms with Gasteiger partial charge in [-0.3, -0.25) is 14.3 Å². The van der Waals surface area contributed by atoms with Crippen molar-refractivity contribution < 1.29 is 0 Å². The second-order valence-electron chi connectivity index (χ2n) is 4.62. The molecule has 0 aromatic carbocycles. The Bertz CT molecular complexity index is 525. The zero-order valence-electron chi connectivity index (χ0n) is 9.46. The van der Waals surface area contributed by atoms with E-state index in [4.69, 9.17) is 5.73 Å². The van der Waals surface area contributed by atoms with Crippen molar-refractivity contribution in [3.63, 3.8) is 0 Å². The highest BCUT2D eigenvalue weighted by atomic mass is 16.2. The average Bonchev–Trinajstić information content (AvgIpc) is 2.19. The lowest BCUT2D eigenvalue weighted by atomic mass is 9.78. The fraction of sp³-hybridized carbons (Fsp3) is 0.600. The van der Waals surface area contributed by atoms with Crippen molar-refractivity contribution in [3.05, 3.63) is 20.8 Å². The molecular weight excluding hydrogens is 208 g/mol. The van der Waals surface area contributed by atoms with Crippen LogP contribution in [0, 0.1) is 0 Å². The van der Waals surface area contributed by atoms with Gasteiger partial charge in [0.15, 0.2) is 0 Å². The minimum absolute atomic E-state index is 0.0709. The van der Waals surface area contributed by atoms with E-state index >= 15 is 0 Å². The summed E-state index contributed by atoms with van der Waals surface area (Å²) in [4.78, 5) is 25.1. The summed E-state index contributed by atoms with van der Waals surface area (Å²) in [5.74, 6) is 0.182. The second kappa shape index (κ2) is 3.40. The molecule has 0 saturated heterocycles. The fourth-order valence-corrected chi connectivity index (χ4v) is 1.89. The Balaban J connectivity index is 2.45. The lowest BCUT2D eigenvalue weighted by molar-refractivity contribution is 0.306. The normalized spacial score (nSPS) is 17.9. The lowest BCUT2D eigenvalue weighted by Gasteiger charge is -2.40. The van der Waals surface area contributed by atoms with Crippen molar-refractivity contribution in [1.82, 2.24) is 9.55 Å². The molecule has 88 valence electrons. The smallest absolute Gasteiger partial charge is 0.329 e. The molecule has 6 heteroatoms. The van der Waals surface area contributed by atoms with Crippen LogP contribution in [0.25, 0.3) is 0 Å². The molecule has 16 heavy (non-hydrogen) atoms. The molecule has 6 nitrogen and oxygen atoms in total. The van der Waals surface area contributed by atoms with Gasteiger partial charge >= 0.3 is 5.69 Å². The monoisotopic (exact) mass is 224 g/mol. The van der Waals surface area contributed by atoms with E-state index in [0.29, 0.717) is 5.69 Å². The second-order valence-corrected chi connectivity index (χ2v) is 4.62. The molecule has 0 amide bonds. The van der Waals surface area contributed by atoms with E-state index < -0.39 is 11.2 Å². The maximum absolute atomic E-state index is 11.6. The molecule has 0 unspecified atom stereocenters. The Morgan fingerprint density at radius 1 is 1.44 bits per heavy atom. The molecule has 2 rings (SSSR count). The predicted molar refractivity (Wildman–Crippen MR) is 62.6 cm³/mol. The van der Waals surface area contributed by atoms with E-state index in [-0.39, 0.29) is 11.4 Å². The van der Waals surface area contributed by atoms with Crippen molar-refractivity contribution >= 4 is 11.5 Å². The zero-order chi connectivity index (χ0) is 11.9. The van der Waals surface area contributed by atoms with Gasteiger partial charge in [-0.25, -0.2) is 4.79 Å². The van der Waals surface area contributed by atoms with Crippen molar-refractivity contribution in [2.45, 2.75) is 31.7 Å². The first-order valence-corrected chi connectivity index (χ1v) is 5.30. The van der Waals surface area contributed by atoms with Gasteiger partial charge < -0.3 is 11.1 Å². The first-order chi connectivity index (χ1) is 7.43. The summed E-state index contributed by atoms with van der Waals surface area (Å²) in [5, 5.41) is 3.13. The van der Waals surface area contributed by atoms with Crippen molar-refractivity contribution in [1.29, 1.82) is 0 Å². The van der Waals surface area contributed by atoms with Gasteiger partial charge in [0.05, 0.1) is 0 Å². The number of H-pyrrole nitrogens is 1. The third-order valence-electron chi connectivity index (χ3n) is 3.25. The number of aromatic nitrogens is 2. The van der Waals surface area contributed by atoms with Gasteiger partial charge in [0.2, 0.25) is 0 Å². The van der Waals surface area contributed by atoms with Crippen LogP contribution in [-0.2, 0) is 7.05 Å². The fourth-order valence-electron chi connectivity index (χ4n) is 1.89. The van der Waals surface area contributed by atoms with E-state index in [1.165, 1.54) is 11.6 Å². The van der Waals surface area contributed by atoms with Gasteiger partial charge in [-0.05, 0) is 26.2 Å². The first-order valence-electron chi connectivity index (χ1n) is 5.30. The molecule has 0 spiro atoms. The standard InChI is InChI=1S/C10H16N4O2/c1-10(4-3-5-10)13-6-7(11)14(2)9(16)12-8(6)15/h13H,3-5,11H2,1-2H3,(H,12,15,16). The Morgan fingerprint density at radius 2 is 2.06 bits per heavy atom. The average molecular weight is 224 g/mol. The number of anilines is 2. The lowest BCUT2D eigenvalue weighted by Crippen LogP contribution is -2.45. The maximum atomic E-state index is 11.6. The summed E-state index contributed by atoms with van der Waals surface area (Å²) < 4.78 is 1.23. The van der Waals surface area contributed by atoms with Crippen LogP contribution in [0.15, 0.2) is 9.59 Å². The minimum Gasteiger partial charge on any atom is -0.383 e. The molecule has 4 N–H and O–H groups in total. The highest BCUT2D eigenvalue weighted by molar-refractivity contribution is 5.61. The third kappa shape index (κ3) is 1.60. The Labute approximate surface area is 92.5 Å². The van der Waals surface area contributed by atoms with E-state index in [1.807, 2.05) is 6.92 Å². The van der Waals surface area contributed by atoms with Gasteiger partial charge in [0.25, 0.3) is 5.56 Å². The van der Waals surface area contributed by atoms with Crippen LogP contribution in [0.3, 0.4) is 0 Å². The van der Waals surface area contributed by atoms with Crippen molar-refractivity contribution in [3.8, 4) is 0 Å². The van der Waals surface area contributed by atoms with Gasteiger partial charge in [0, 0.05) is 12.6 Å². The quantitative estimate of drug-likeness (QED) is 0.659. The topological polar surface area (TPSA) is 92.9 Å². The Hall–Kier alpha value is -1.72. The van der Waals surface area contributed by atoms with E-state index in [1.54, 1.807) is 0 Å². The van der Waals surface area contributed by atoms with Crippen LogP contribution in [0.4, 0.5) is 11.5 Å². The van der Waals surface area contributed by atoms with Crippen LogP contribution in [0.5, 0.6) is 0 Å². The first kappa shape index (κ1) is 10.8. The van der Waals surface area contributed by atoms with Crippen LogP contribution in [0.2, 0.25) is 0 Å². The summed E-state index contributed by atoms with van der Waals surface area (Å²) in [6.45, 7) is 2.04. The van der Waals surface area contributed by atoms with Gasteiger partial charge in [0.1, 0.15) is 11.5 Å². The van der Waals surface area contributed by atoms with Crippen LogP contribution < -0.4 is 22.3 Å². The number of nitrogen functional groups attached to an aromatic ring is 1. The molecule has 1 aliphatic rings. The summed E-state index contributed by atoms with van der Waals surface area (Å²) in [7, 11) is 1.53. The highest BCUT2D eigenvalue weighted by Crippen LogP contribution is 2.34. The summed E-state index contributed by atoms with van der Waals surface area (Å²) in [6.07, 6.45) is 3.16. The number of nitrogens with zero attached hydrogens (tertiary/aromatic N) is 1. The highest BCUT2D eigenvalue weighted by Gasteiger charge is 2.33. The number of aromatic amines is 1. The summed E-state index contributed by atoms with van der Waals surface area (Å²) in [6, 6.07) is 0. The molecule has 0 bridgehead atoms. The molecule has 0 radical (unpaired) electrons. The maximum Gasteiger partial charge on any atom is 0.329 e. The van der Waals surface area contributed by atoms with Crippen molar-refractivity contribution in [2.75, 3.05) is 11.1 Å². The number of hydrogen-bond donors (Lipinski definition) is 3.